The molecule has 0 radical (unpaired) electrons. The van der Waals surface area contributed by atoms with Crippen molar-refractivity contribution in [1.82, 2.24) is 0 Å². The van der Waals surface area contributed by atoms with Crippen LogP contribution in [0.25, 0.3) is 0 Å². The van der Waals surface area contributed by atoms with E-state index in [4.69, 9.17) is 5.11 Å². The third-order valence-electron chi connectivity index (χ3n) is 2.89. The molecule has 0 aliphatic carbocycles. The number of ketones is 1. The maximum atomic E-state index is 12.4. The van der Waals surface area contributed by atoms with Gasteiger partial charge in [-0.3, -0.25) is 4.79 Å². The van der Waals surface area contributed by atoms with Gasteiger partial charge < -0.3 is 10.2 Å². The summed E-state index contributed by atoms with van der Waals surface area (Å²) in [6.45, 7) is 1.77. The second kappa shape index (κ2) is 4.94. The van der Waals surface area contributed by atoms with Gasteiger partial charge >= 0.3 is 5.97 Å². The van der Waals surface area contributed by atoms with Gasteiger partial charge in [0.2, 0.25) is 0 Å². The fraction of sp³-hybridized carbons (Fsp3) is 0.0667. The van der Waals surface area contributed by atoms with E-state index in [-0.39, 0.29) is 11.1 Å². The van der Waals surface area contributed by atoms with Crippen molar-refractivity contribution in [3.63, 3.8) is 0 Å². The van der Waals surface area contributed by atoms with E-state index in [1.807, 2.05) is 0 Å². The summed E-state index contributed by atoms with van der Waals surface area (Å²) in [5.74, 6) is -2.15. The second-order valence-corrected chi connectivity index (χ2v) is 4.15. The Morgan fingerprint density at radius 3 is 2.21 bits per heavy atom. The Labute approximate surface area is 109 Å². The van der Waals surface area contributed by atoms with E-state index >= 15 is 0 Å². The van der Waals surface area contributed by atoms with Crippen molar-refractivity contribution in [2.75, 3.05) is 0 Å². The average Bonchev–Trinajstić information content (AvgIpc) is 2.37. The molecule has 96 valence electrons. The smallest absolute Gasteiger partial charge is 0.340 e. The number of aromatic carboxylic acids is 1. The third-order valence-corrected chi connectivity index (χ3v) is 2.89. The van der Waals surface area contributed by atoms with E-state index in [2.05, 4.69) is 0 Å². The molecule has 0 saturated heterocycles. The van der Waals surface area contributed by atoms with Gasteiger partial charge in [-0.2, -0.15) is 0 Å². The number of aryl methyl sites for hydroxylation is 1. The van der Waals surface area contributed by atoms with Crippen LogP contribution in [0, 0.1) is 6.92 Å². The number of phenols is 1. The lowest BCUT2D eigenvalue weighted by atomic mass is 9.95. The van der Waals surface area contributed by atoms with Crippen LogP contribution in [0.2, 0.25) is 0 Å². The molecule has 0 amide bonds. The Morgan fingerprint density at radius 1 is 0.947 bits per heavy atom. The van der Waals surface area contributed by atoms with Gasteiger partial charge in [0, 0.05) is 11.1 Å². The lowest BCUT2D eigenvalue weighted by Crippen LogP contribution is -2.11. The summed E-state index contributed by atoms with van der Waals surface area (Å²) in [4.78, 5) is 23.5. The molecule has 2 N–H and O–H groups in total. The molecule has 0 unspecified atom stereocenters. The molecule has 0 bridgehead atoms. The Bertz CT molecular complexity index is 659. The topological polar surface area (TPSA) is 74.6 Å². The van der Waals surface area contributed by atoms with Gasteiger partial charge in [-0.05, 0) is 24.6 Å². The summed E-state index contributed by atoms with van der Waals surface area (Å²) < 4.78 is 0. The Balaban J connectivity index is 2.60. The lowest BCUT2D eigenvalue weighted by molar-refractivity contribution is 0.0689. The maximum absolute atomic E-state index is 12.4. The van der Waals surface area contributed by atoms with Crippen molar-refractivity contribution < 1.29 is 19.8 Å². The molecule has 0 aliphatic rings. The van der Waals surface area contributed by atoms with E-state index < -0.39 is 17.5 Å². The highest BCUT2D eigenvalue weighted by Gasteiger charge is 2.21. The average molecular weight is 256 g/mol. The highest BCUT2D eigenvalue weighted by molar-refractivity contribution is 6.15. The molecule has 2 rings (SSSR count). The summed E-state index contributed by atoms with van der Waals surface area (Å²) in [5.41, 5.74) is 0.806. The molecule has 0 atom stereocenters. The van der Waals surface area contributed by atoms with Gasteiger partial charge in [0.05, 0.1) is 0 Å². The Morgan fingerprint density at radius 2 is 1.58 bits per heavy atom. The van der Waals surface area contributed by atoms with Gasteiger partial charge in [0.25, 0.3) is 0 Å². The first kappa shape index (κ1) is 12.8. The molecule has 2 aromatic rings. The number of rotatable bonds is 3. The molecule has 4 nitrogen and oxygen atoms in total. The minimum absolute atomic E-state index is 0.0122. The van der Waals surface area contributed by atoms with Crippen LogP contribution in [0.1, 0.15) is 31.8 Å². The zero-order chi connectivity index (χ0) is 14.0. The molecule has 0 heterocycles. The van der Waals surface area contributed by atoms with E-state index in [1.165, 1.54) is 18.2 Å². The summed E-state index contributed by atoms with van der Waals surface area (Å²) in [7, 11) is 0. The number of aromatic hydroxyl groups is 1. The molecule has 0 aromatic heterocycles. The van der Waals surface area contributed by atoms with E-state index in [1.54, 1.807) is 31.2 Å². The van der Waals surface area contributed by atoms with Crippen molar-refractivity contribution in [2.45, 2.75) is 6.92 Å². The lowest BCUT2D eigenvalue weighted by Gasteiger charge is -2.08. The second-order valence-electron chi connectivity index (χ2n) is 4.15. The van der Waals surface area contributed by atoms with Crippen molar-refractivity contribution in [1.29, 1.82) is 0 Å². The number of benzene rings is 2. The monoisotopic (exact) mass is 256 g/mol. The van der Waals surface area contributed by atoms with Crippen molar-refractivity contribution in [2.24, 2.45) is 0 Å². The SMILES string of the molecule is Cc1ccccc1C(=O)c1cccc(O)c1C(=O)O. The minimum Gasteiger partial charge on any atom is -0.507 e. The summed E-state index contributed by atoms with van der Waals surface area (Å²) >= 11 is 0. The standard InChI is InChI=1S/C15H12O4/c1-9-5-2-3-6-10(9)14(17)11-7-4-8-12(16)13(11)15(18)19/h2-8,16H,1H3,(H,18,19). The van der Waals surface area contributed by atoms with Crippen LogP contribution >= 0.6 is 0 Å². The van der Waals surface area contributed by atoms with Crippen LogP contribution < -0.4 is 0 Å². The number of carboxylic acids is 1. The van der Waals surface area contributed by atoms with E-state index in [9.17, 15) is 14.7 Å². The largest absolute Gasteiger partial charge is 0.507 e. The van der Waals surface area contributed by atoms with Gasteiger partial charge in [0.1, 0.15) is 11.3 Å². The van der Waals surface area contributed by atoms with E-state index in [0.29, 0.717) is 5.56 Å². The maximum Gasteiger partial charge on any atom is 0.340 e. The zero-order valence-corrected chi connectivity index (χ0v) is 10.3. The van der Waals surface area contributed by atoms with Crippen molar-refractivity contribution >= 4 is 11.8 Å². The minimum atomic E-state index is -1.32. The fourth-order valence-electron chi connectivity index (χ4n) is 1.93. The van der Waals surface area contributed by atoms with Crippen molar-refractivity contribution in [3.8, 4) is 5.75 Å². The number of carbonyl (C=O) groups excluding carboxylic acids is 1. The molecule has 0 fully saturated rings. The quantitative estimate of drug-likeness (QED) is 0.828. The summed E-state index contributed by atoms with van der Waals surface area (Å²) in [5, 5.41) is 18.7. The van der Waals surface area contributed by atoms with Gasteiger partial charge in [-0.1, -0.05) is 30.3 Å². The Kier molecular flexibility index (Phi) is 3.33. The van der Waals surface area contributed by atoms with Crippen LogP contribution in [-0.4, -0.2) is 22.0 Å². The van der Waals surface area contributed by atoms with Gasteiger partial charge in [-0.15, -0.1) is 0 Å². The predicted octanol–water partition coefficient (Wildman–Crippen LogP) is 2.63. The number of carbonyl (C=O) groups is 2. The first-order valence-electron chi connectivity index (χ1n) is 5.68. The summed E-state index contributed by atoms with van der Waals surface area (Å²) in [6.07, 6.45) is 0. The third kappa shape index (κ3) is 2.33. The fourth-order valence-corrected chi connectivity index (χ4v) is 1.93. The molecule has 0 aliphatic heterocycles. The predicted molar refractivity (Wildman–Crippen MR) is 69.7 cm³/mol. The molecule has 0 spiro atoms. The molecular formula is C15H12O4. The molecule has 19 heavy (non-hydrogen) atoms. The Hall–Kier alpha value is -2.62. The number of hydrogen-bond acceptors (Lipinski definition) is 3. The van der Waals surface area contributed by atoms with Crippen LogP contribution in [0.5, 0.6) is 5.75 Å². The molecule has 0 saturated carbocycles. The van der Waals surface area contributed by atoms with Crippen LogP contribution in [0.4, 0.5) is 0 Å². The van der Waals surface area contributed by atoms with E-state index in [0.717, 1.165) is 5.56 Å². The van der Waals surface area contributed by atoms with Crippen LogP contribution in [-0.2, 0) is 0 Å². The summed E-state index contributed by atoms with van der Waals surface area (Å²) in [6, 6.07) is 11.0. The normalized spacial score (nSPS) is 10.2. The van der Waals surface area contributed by atoms with Crippen molar-refractivity contribution in [3.05, 3.63) is 64.7 Å². The first-order valence-corrected chi connectivity index (χ1v) is 5.68. The molecule has 2 aromatic carbocycles. The van der Waals surface area contributed by atoms with Crippen LogP contribution in [0.15, 0.2) is 42.5 Å². The van der Waals surface area contributed by atoms with Gasteiger partial charge in [-0.25, -0.2) is 4.79 Å². The van der Waals surface area contributed by atoms with Gasteiger partial charge in [0.15, 0.2) is 5.78 Å². The molecule has 4 heteroatoms. The van der Waals surface area contributed by atoms with Crippen LogP contribution in [0.3, 0.4) is 0 Å². The number of hydrogen-bond donors (Lipinski definition) is 2. The first-order chi connectivity index (χ1) is 9.02. The zero-order valence-electron chi connectivity index (χ0n) is 10.3. The number of carboxylic acid groups (broad SMARTS) is 1. The highest BCUT2D eigenvalue weighted by atomic mass is 16.4. The highest BCUT2D eigenvalue weighted by Crippen LogP contribution is 2.24. The molecular weight excluding hydrogens is 244 g/mol.